The molecule has 0 aromatic heterocycles. The molecule has 88 valence electrons. The molecule has 0 aliphatic carbocycles. The maximum atomic E-state index is 8.52. The molecule has 0 aromatic rings. The molecule has 0 aromatic carbocycles. The van der Waals surface area contributed by atoms with Crippen LogP contribution in [0.4, 0.5) is 0 Å². The summed E-state index contributed by atoms with van der Waals surface area (Å²) in [5.74, 6) is 0. The van der Waals surface area contributed by atoms with E-state index in [4.69, 9.17) is 25.8 Å². The molecule has 0 bridgehead atoms. The fraction of sp³-hybridized carbons (Fsp3) is 0.500. The molecule has 4 N–H and O–H groups in total. The van der Waals surface area contributed by atoms with E-state index in [-0.39, 0.29) is 65.3 Å². The fourth-order valence-corrected chi connectivity index (χ4v) is 0.333. The first-order valence-electron chi connectivity index (χ1n) is 3.89. The summed E-state index contributed by atoms with van der Waals surface area (Å²) in [5.41, 5.74) is 10.4. The van der Waals surface area contributed by atoms with Crippen LogP contribution in [-0.2, 0) is 4.57 Å². The first kappa shape index (κ1) is 36.0. The van der Waals surface area contributed by atoms with Crippen LogP contribution in [0.15, 0.2) is 26.3 Å². The number of hydrogen-bond acceptors (Lipinski definition) is 5. The minimum atomic E-state index is -3.63. The van der Waals surface area contributed by atoms with E-state index in [1.54, 1.807) is 0 Å². The van der Waals surface area contributed by atoms with E-state index in [1.807, 2.05) is 0 Å². The van der Waals surface area contributed by atoms with Crippen molar-refractivity contribution in [3.05, 3.63) is 26.3 Å². The summed E-state index contributed by atoms with van der Waals surface area (Å²) in [4.78, 5) is 17.0. The van der Waals surface area contributed by atoms with Gasteiger partial charge in [0.2, 0.25) is 0 Å². The molecule has 8 heteroatoms. The zero-order valence-corrected chi connectivity index (χ0v) is 15.7. The summed E-state index contributed by atoms with van der Waals surface area (Å²) in [6.07, 6.45) is 1.91. The van der Waals surface area contributed by atoms with Crippen LogP contribution in [-0.4, -0.2) is 6.17 Å². The molecule has 0 radical (unpaired) electrons. The van der Waals surface area contributed by atoms with Crippen LogP contribution < -0.4 is 80.4 Å². The number of hydrogen-bond donors (Lipinski definition) is 2. The van der Waals surface area contributed by atoms with E-state index in [9.17, 15) is 0 Å². The van der Waals surface area contributed by atoms with E-state index < -0.39 is 8.25 Å². The van der Waals surface area contributed by atoms with Crippen LogP contribution in [0.2, 0.25) is 0 Å². The Kier molecular flexibility index (Phi) is 98.8. The van der Waals surface area contributed by atoms with Crippen molar-refractivity contribution in [1.82, 2.24) is 0 Å². The van der Waals surface area contributed by atoms with Crippen LogP contribution in [0.5, 0.6) is 0 Å². The summed E-state index contributed by atoms with van der Waals surface area (Å²) in [6, 6.07) is 0. The van der Waals surface area contributed by atoms with Gasteiger partial charge in [-0.2, -0.15) is 0 Å². The van der Waals surface area contributed by atoms with Crippen LogP contribution in [0.1, 0.15) is 19.8 Å². The quantitative estimate of drug-likeness (QED) is 0.224. The Balaban J connectivity index is -0.0000000223. The Morgan fingerprint density at radius 3 is 1.31 bits per heavy atom. The van der Waals surface area contributed by atoms with Gasteiger partial charge in [-0.15, -0.1) is 26.3 Å². The maximum absolute atomic E-state index is 8.52. The second kappa shape index (κ2) is 43.9. The van der Waals surface area contributed by atoms with E-state index in [1.165, 1.54) is 0 Å². The van der Waals surface area contributed by atoms with Crippen LogP contribution in [0, 0.1) is 0 Å². The zero-order chi connectivity index (χ0) is 12.6. The van der Waals surface area contributed by atoms with Gasteiger partial charge in [0, 0.05) is 0 Å². The molecule has 0 rings (SSSR count). The van der Waals surface area contributed by atoms with Crippen molar-refractivity contribution >= 4 is 8.25 Å². The Labute approximate surface area is 144 Å². The second-order valence-electron chi connectivity index (χ2n) is 1.70. The molecule has 0 spiro atoms. The summed E-state index contributed by atoms with van der Waals surface area (Å²) >= 11 is 0. The van der Waals surface area contributed by atoms with Crippen LogP contribution >= 0.6 is 8.25 Å². The fourth-order valence-electron chi connectivity index (χ4n) is 0.333. The molecule has 0 aliphatic heterocycles. The molecule has 0 amide bonds. The molecule has 0 aliphatic rings. The molecule has 16 heavy (non-hydrogen) atoms. The second-order valence-corrected chi connectivity index (χ2v) is 2.20. The Bertz CT molecular complexity index is 115. The summed E-state index contributed by atoms with van der Waals surface area (Å²) < 4.78 is 8.52. The molecule has 0 fully saturated rings. The molecule has 0 unspecified atom stereocenters. The van der Waals surface area contributed by atoms with Crippen molar-refractivity contribution in [2.45, 2.75) is 25.9 Å². The molecule has 5 nitrogen and oxygen atoms in total. The van der Waals surface area contributed by atoms with Gasteiger partial charge in [0.1, 0.15) is 0 Å². The van der Waals surface area contributed by atoms with Crippen LogP contribution in [0.25, 0.3) is 0 Å². The van der Waals surface area contributed by atoms with Gasteiger partial charge in [-0.25, -0.2) is 0 Å². The predicted octanol–water partition coefficient (Wildman–Crippen LogP) is -6.26. The molecule has 0 atom stereocenters. The van der Waals surface area contributed by atoms with Crippen LogP contribution in [0.3, 0.4) is 0 Å². The summed E-state index contributed by atoms with van der Waals surface area (Å²) in [7, 11) is -3.63. The van der Waals surface area contributed by atoms with Gasteiger partial charge in [-0.1, -0.05) is 21.6 Å². The van der Waals surface area contributed by atoms with Gasteiger partial charge in [0.05, 0.1) is 6.17 Å². The van der Waals surface area contributed by atoms with Gasteiger partial charge >= 0.3 is 59.1 Å². The molecular weight excluding hydrogens is 249 g/mol. The molecule has 0 saturated carbocycles. The topological polar surface area (TPSA) is 115 Å². The number of rotatable bonds is 2. The summed E-state index contributed by atoms with van der Waals surface area (Å²) in [6.45, 7) is 14.1. The van der Waals surface area contributed by atoms with E-state index in [2.05, 4.69) is 33.2 Å². The Morgan fingerprint density at radius 2 is 1.31 bits per heavy atom. The van der Waals surface area contributed by atoms with Gasteiger partial charge in [0.25, 0.3) is 0 Å². The van der Waals surface area contributed by atoms with Gasteiger partial charge in [-0.3, -0.25) is 0 Å². The first-order valence-corrected chi connectivity index (χ1v) is 5.12. The Morgan fingerprint density at radius 1 is 1.12 bits per heavy atom. The molecular formula is C8H21N2Na2O3P. The third kappa shape index (κ3) is 159. The average Bonchev–Trinajstić information content (AvgIpc) is 2.10. The van der Waals surface area contributed by atoms with Crippen molar-refractivity contribution < 1.29 is 73.5 Å². The predicted molar refractivity (Wildman–Crippen MR) is 58.6 cm³/mol. The minimum Gasteiger partial charge on any atom is -0.813 e. The number of nitrogens with two attached hydrogens (primary N) is 2. The van der Waals surface area contributed by atoms with Crippen molar-refractivity contribution in [1.29, 1.82) is 0 Å². The van der Waals surface area contributed by atoms with Crippen molar-refractivity contribution in [3.8, 4) is 0 Å². The SMILES string of the molecule is C=C.C=C.CCCC(N)N.O=[PH]([O-])[O-].[Na+].[Na+]. The van der Waals surface area contributed by atoms with Crippen molar-refractivity contribution in [2.24, 2.45) is 11.5 Å². The van der Waals surface area contributed by atoms with E-state index >= 15 is 0 Å². The largest absolute Gasteiger partial charge is 1.00 e. The Hall–Kier alpha value is 1.55. The van der Waals surface area contributed by atoms with Crippen molar-refractivity contribution in [2.75, 3.05) is 0 Å². The smallest absolute Gasteiger partial charge is 0.813 e. The maximum Gasteiger partial charge on any atom is 1.00 e. The van der Waals surface area contributed by atoms with Crippen molar-refractivity contribution in [3.63, 3.8) is 0 Å². The van der Waals surface area contributed by atoms with Gasteiger partial charge in [0.15, 0.2) is 0 Å². The first-order chi connectivity index (χ1) is 6.50. The third-order valence-electron chi connectivity index (χ3n) is 0.622. The van der Waals surface area contributed by atoms with E-state index in [0.29, 0.717) is 0 Å². The summed E-state index contributed by atoms with van der Waals surface area (Å²) in [5, 5.41) is 0. The van der Waals surface area contributed by atoms with Gasteiger partial charge in [-0.05, 0) is 6.42 Å². The standard InChI is InChI=1S/C4H12N2.2C2H4.2Na.H3O3P/c1-2-3-4(5)6;2*1-2;;;1-4(2)3/h4H,2-3,5-6H2,1H3;2*1-2H2;;;4H,(H2,1,2,3)/q;;;2*+1;/p-2. The molecule has 0 heterocycles. The van der Waals surface area contributed by atoms with Gasteiger partial charge < -0.3 is 25.8 Å². The molecule has 0 saturated heterocycles. The third-order valence-corrected chi connectivity index (χ3v) is 0.622. The average molecular weight is 270 g/mol. The minimum absolute atomic E-state index is 0. The normalized spacial score (nSPS) is 6.44. The van der Waals surface area contributed by atoms with E-state index in [0.717, 1.165) is 12.8 Å². The zero-order valence-electron chi connectivity index (χ0n) is 10.7. The monoisotopic (exact) mass is 270 g/mol.